The predicted molar refractivity (Wildman–Crippen MR) is 88.2 cm³/mol. The van der Waals surface area contributed by atoms with E-state index in [9.17, 15) is 4.79 Å². The van der Waals surface area contributed by atoms with Crippen molar-refractivity contribution >= 4 is 56.1 Å². The van der Waals surface area contributed by atoms with E-state index in [1.54, 1.807) is 12.1 Å². The van der Waals surface area contributed by atoms with Crippen molar-refractivity contribution in [1.29, 1.82) is 0 Å². The molecule has 2 rings (SSSR count). The highest BCUT2D eigenvalue weighted by Gasteiger charge is 2.11. The molecule has 98 valence electrons. The molecule has 0 aliphatic carbocycles. The monoisotopic (exact) mass is 399 g/mol. The van der Waals surface area contributed by atoms with E-state index in [1.165, 1.54) is 0 Å². The summed E-state index contributed by atoms with van der Waals surface area (Å²) in [6, 6.07) is 11.1. The molecule has 0 saturated heterocycles. The summed E-state index contributed by atoms with van der Waals surface area (Å²) in [6.45, 7) is 1.95. The molecule has 2 aromatic rings. The van der Waals surface area contributed by atoms with Gasteiger partial charge < -0.3 is 5.32 Å². The fourth-order valence-corrected chi connectivity index (χ4v) is 2.98. The molecule has 0 unspecified atom stereocenters. The highest BCUT2D eigenvalue weighted by atomic mass is 79.9. The molecule has 2 nitrogen and oxygen atoms in total. The van der Waals surface area contributed by atoms with Crippen molar-refractivity contribution in [2.24, 2.45) is 0 Å². The molecule has 19 heavy (non-hydrogen) atoms. The van der Waals surface area contributed by atoms with Crippen LogP contribution in [0.2, 0.25) is 0 Å². The zero-order chi connectivity index (χ0) is 14.0. The van der Waals surface area contributed by atoms with Crippen molar-refractivity contribution in [3.05, 3.63) is 56.5 Å². The number of carbonyl (C=O) groups is 1. The number of benzene rings is 2. The molecule has 1 amide bonds. The number of aryl methyl sites for hydroxylation is 1. The summed E-state index contributed by atoms with van der Waals surface area (Å²) in [5, 5.41) is 2.89. The molecule has 2 aromatic carbocycles. The third-order valence-electron chi connectivity index (χ3n) is 2.64. The van der Waals surface area contributed by atoms with Gasteiger partial charge in [-0.2, -0.15) is 0 Å². The normalized spacial score (nSPS) is 10.3. The molecule has 0 atom stereocenters. The van der Waals surface area contributed by atoms with Crippen LogP contribution in [0, 0.1) is 6.92 Å². The molecule has 5 heteroatoms. The number of nitrogens with one attached hydrogen (secondary N) is 1. The number of amides is 1. The van der Waals surface area contributed by atoms with E-state index in [0.717, 1.165) is 20.2 Å². The lowest BCUT2D eigenvalue weighted by Gasteiger charge is -2.10. The molecule has 0 saturated carbocycles. The third-order valence-corrected chi connectivity index (χ3v) is 4.00. The minimum atomic E-state index is -0.164. The van der Waals surface area contributed by atoms with Gasteiger partial charge in [0.1, 0.15) is 0 Å². The summed E-state index contributed by atoms with van der Waals surface area (Å²) in [7, 11) is 0. The maximum Gasteiger partial charge on any atom is 0.256 e. The van der Waals surface area contributed by atoms with Crippen LogP contribution in [0.5, 0.6) is 0 Å². The van der Waals surface area contributed by atoms with Gasteiger partial charge in [-0.3, -0.25) is 4.79 Å². The topological polar surface area (TPSA) is 29.1 Å². The third kappa shape index (κ3) is 3.61. The lowest BCUT2D eigenvalue weighted by atomic mass is 10.1. The van der Waals surface area contributed by atoms with Gasteiger partial charge in [0, 0.05) is 19.5 Å². The minimum absolute atomic E-state index is 0.164. The fraction of sp³-hybridized carbons (Fsp3) is 0.0714. The molecule has 0 aliphatic rings. The van der Waals surface area contributed by atoms with Crippen molar-refractivity contribution in [2.45, 2.75) is 11.8 Å². The second kappa shape index (κ2) is 6.11. The van der Waals surface area contributed by atoms with Gasteiger partial charge in [0.25, 0.3) is 5.91 Å². The molecule has 0 aliphatic heterocycles. The van der Waals surface area contributed by atoms with Crippen LogP contribution in [0.3, 0.4) is 0 Å². The second-order valence-electron chi connectivity index (χ2n) is 4.07. The van der Waals surface area contributed by atoms with Gasteiger partial charge >= 0.3 is 0 Å². The van der Waals surface area contributed by atoms with E-state index in [1.807, 2.05) is 31.2 Å². The Hall–Kier alpha value is -0.780. The molecule has 0 spiro atoms. The van der Waals surface area contributed by atoms with Crippen LogP contribution in [-0.2, 0) is 0 Å². The van der Waals surface area contributed by atoms with E-state index in [-0.39, 0.29) is 5.91 Å². The Morgan fingerprint density at radius 3 is 2.37 bits per heavy atom. The first-order valence-electron chi connectivity index (χ1n) is 5.53. The summed E-state index contributed by atoms with van der Waals surface area (Å²) in [5.41, 5.74) is 2.35. The second-order valence-corrected chi connectivity index (χ2v) is 6.39. The summed E-state index contributed by atoms with van der Waals surface area (Å²) >= 11 is 11.1. The largest absolute Gasteiger partial charge is 0.322 e. The molecule has 0 aromatic heterocycles. The Kier molecular flexibility index (Phi) is 4.71. The van der Waals surface area contributed by atoms with E-state index in [4.69, 9.17) is 0 Å². The van der Waals surface area contributed by atoms with Crippen LogP contribution in [0.1, 0.15) is 15.9 Å². The van der Waals surface area contributed by atoms with E-state index >= 15 is 0 Å². The first kappa shape index (κ1) is 14.6. The van der Waals surface area contributed by atoms with Gasteiger partial charge in [0.2, 0.25) is 0 Å². The van der Waals surface area contributed by atoms with Crippen LogP contribution in [0.4, 0.5) is 5.69 Å². The number of anilines is 1. The lowest BCUT2D eigenvalue weighted by molar-refractivity contribution is 0.102. The quantitative estimate of drug-likeness (QED) is 0.677. The Morgan fingerprint density at radius 2 is 1.74 bits per heavy atom. The first-order valence-corrected chi connectivity index (χ1v) is 7.56. The number of hydrogen-bond acceptors (Lipinski definition) is 2. The molecule has 0 radical (unpaired) electrons. The van der Waals surface area contributed by atoms with Crippen molar-refractivity contribution in [2.75, 3.05) is 5.32 Å². The van der Waals surface area contributed by atoms with Crippen LogP contribution < -0.4 is 5.32 Å². The predicted octanol–water partition coefficient (Wildman–Crippen LogP) is 5.06. The Bertz CT molecular complexity index is 643. The van der Waals surface area contributed by atoms with Gasteiger partial charge in [-0.1, -0.05) is 31.9 Å². The Morgan fingerprint density at radius 1 is 1.11 bits per heavy atom. The van der Waals surface area contributed by atoms with E-state index in [0.29, 0.717) is 10.5 Å². The zero-order valence-corrected chi connectivity index (χ0v) is 14.1. The smallest absolute Gasteiger partial charge is 0.256 e. The number of hydrogen-bond donors (Lipinski definition) is 2. The number of carbonyl (C=O) groups excluding carboxylic acids is 1. The minimum Gasteiger partial charge on any atom is -0.322 e. The molecular formula is C14H11Br2NOS. The van der Waals surface area contributed by atoms with Gasteiger partial charge in [-0.25, -0.2) is 0 Å². The van der Waals surface area contributed by atoms with Gasteiger partial charge in [0.05, 0.1) is 5.56 Å². The average molecular weight is 401 g/mol. The standard InChI is InChI=1S/C14H11Br2NOS/c1-8-6-9(15)3-5-12(8)17-14(18)11-4-2-10(16)7-13(11)19/h2-7,19H,1H3,(H,17,18). The number of rotatable bonds is 2. The Labute approximate surface area is 134 Å². The number of thiol groups is 1. The number of halogens is 2. The maximum atomic E-state index is 12.2. The highest BCUT2D eigenvalue weighted by Crippen LogP contribution is 2.23. The van der Waals surface area contributed by atoms with Crippen molar-refractivity contribution < 1.29 is 4.79 Å². The summed E-state index contributed by atoms with van der Waals surface area (Å²) < 4.78 is 1.88. The SMILES string of the molecule is Cc1cc(Br)ccc1NC(=O)c1ccc(Br)cc1S. The highest BCUT2D eigenvalue weighted by molar-refractivity contribution is 9.10. The summed E-state index contributed by atoms with van der Waals surface area (Å²) in [5.74, 6) is -0.164. The van der Waals surface area contributed by atoms with Gasteiger partial charge in [-0.15, -0.1) is 12.6 Å². The van der Waals surface area contributed by atoms with Gasteiger partial charge in [0.15, 0.2) is 0 Å². The van der Waals surface area contributed by atoms with Crippen LogP contribution in [0.25, 0.3) is 0 Å². The van der Waals surface area contributed by atoms with Gasteiger partial charge in [-0.05, 0) is 48.9 Å². The summed E-state index contributed by atoms with van der Waals surface area (Å²) in [4.78, 5) is 12.8. The summed E-state index contributed by atoms with van der Waals surface area (Å²) in [6.07, 6.45) is 0. The maximum absolute atomic E-state index is 12.2. The molecule has 0 heterocycles. The molecular weight excluding hydrogens is 390 g/mol. The van der Waals surface area contributed by atoms with Crippen molar-refractivity contribution in [1.82, 2.24) is 0 Å². The Balaban J connectivity index is 2.25. The first-order chi connectivity index (χ1) is 8.97. The average Bonchev–Trinajstić information content (AvgIpc) is 2.32. The lowest BCUT2D eigenvalue weighted by Crippen LogP contribution is -2.13. The molecule has 0 fully saturated rings. The van der Waals surface area contributed by atoms with E-state index in [2.05, 4.69) is 49.8 Å². The fourth-order valence-electron chi connectivity index (χ4n) is 1.65. The van der Waals surface area contributed by atoms with Crippen molar-refractivity contribution in [3.63, 3.8) is 0 Å². The van der Waals surface area contributed by atoms with Crippen molar-refractivity contribution in [3.8, 4) is 0 Å². The van der Waals surface area contributed by atoms with Crippen LogP contribution in [-0.4, -0.2) is 5.91 Å². The zero-order valence-electron chi connectivity index (χ0n) is 10.1. The molecule has 0 bridgehead atoms. The van der Waals surface area contributed by atoms with E-state index < -0.39 is 0 Å². The van der Waals surface area contributed by atoms with Crippen LogP contribution in [0.15, 0.2) is 50.2 Å². The van der Waals surface area contributed by atoms with Crippen LogP contribution >= 0.6 is 44.5 Å². The molecule has 1 N–H and O–H groups in total.